The highest BCUT2D eigenvalue weighted by Gasteiger charge is 2.31. The van der Waals surface area contributed by atoms with E-state index in [1.165, 1.54) is 25.7 Å². The van der Waals surface area contributed by atoms with E-state index in [4.69, 9.17) is 0 Å². The summed E-state index contributed by atoms with van der Waals surface area (Å²) in [6, 6.07) is -0.0998. The molecule has 3 unspecified atom stereocenters. The van der Waals surface area contributed by atoms with Crippen molar-refractivity contribution in [2.45, 2.75) is 58.4 Å². The zero-order valence-corrected chi connectivity index (χ0v) is 10.3. The second kappa shape index (κ2) is 4.98. The minimum absolute atomic E-state index is 0.0998. The molecule has 2 aliphatic rings. The van der Waals surface area contributed by atoms with Crippen molar-refractivity contribution in [2.24, 2.45) is 16.8 Å². The summed E-state index contributed by atoms with van der Waals surface area (Å²) < 4.78 is 0. The van der Waals surface area contributed by atoms with Crippen LogP contribution in [0, 0.1) is 11.8 Å². The number of rotatable bonds is 3. The van der Waals surface area contributed by atoms with E-state index in [-0.39, 0.29) is 11.9 Å². The molecule has 3 atom stereocenters. The summed E-state index contributed by atoms with van der Waals surface area (Å²) in [5.41, 5.74) is 0. The summed E-state index contributed by atoms with van der Waals surface area (Å²) >= 11 is 0. The summed E-state index contributed by atoms with van der Waals surface area (Å²) in [5.74, 6) is 2.39. The molecule has 0 saturated heterocycles. The largest absolute Gasteiger partial charge is 0.312 e. The van der Waals surface area contributed by atoms with Crippen molar-refractivity contribution in [1.82, 2.24) is 5.32 Å². The summed E-state index contributed by atoms with van der Waals surface area (Å²) in [4.78, 5) is 16.2. The second-order valence-corrected chi connectivity index (χ2v) is 5.28. The molecule has 0 aromatic rings. The molecule has 0 aromatic carbocycles. The van der Waals surface area contributed by atoms with Gasteiger partial charge in [-0.2, -0.15) is 0 Å². The van der Waals surface area contributed by atoms with Gasteiger partial charge in [0, 0.05) is 5.92 Å². The topological polar surface area (TPSA) is 41.5 Å². The number of carbonyl (C=O) groups is 1. The van der Waals surface area contributed by atoms with Crippen LogP contribution in [0.5, 0.6) is 0 Å². The zero-order chi connectivity index (χ0) is 11.5. The highest BCUT2D eigenvalue weighted by atomic mass is 16.2. The molecule has 1 heterocycles. The fourth-order valence-corrected chi connectivity index (χ4v) is 2.83. The fourth-order valence-electron chi connectivity index (χ4n) is 2.83. The number of hydrogen-bond donors (Lipinski definition) is 1. The summed E-state index contributed by atoms with van der Waals surface area (Å²) in [6.07, 6.45) is 6.91. The Bertz CT molecular complexity index is 298. The molecule has 0 aromatic heterocycles. The Morgan fingerprint density at radius 1 is 1.44 bits per heavy atom. The number of aliphatic imine (C=N–C) groups is 1. The Morgan fingerprint density at radius 3 is 2.94 bits per heavy atom. The van der Waals surface area contributed by atoms with Gasteiger partial charge in [0.15, 0.2) is 0 Å². The van der Waals surface area contributed by atoms with E-state index in [1.54, 1.807) is 0 Å². The first kappa shape index (κ1) is 11.6. The normalized spacial score (nSPS) is 34.8. The Balaban J connectivity index is 1.99. The van der Waals surface area contributed by atoms with Crippen LogP contribution < -0.4 is 5.32 Å². The van der Waals surface area contributed by atoms with Gasteiger partial charge in [-0.05, 0) is 25.2 Å². The van der Waals surface area contributed by atoms with Crippen molar-refractivity contribution in [3.63, 3.8) is 0 Å². The lowest BCUT2D eigenvalue weighted by Crippen LogP contribution is -2.34. The molecular formula is C13H22N2O. The van der Waals surface area contributed by atoms with Crippen LogP contribution in [0.2, 0.25) is 0 Å². The molecular weight excluding hydrogens is 200 g/mol. The smallest absolute Gasteiger partial charge is 0.250 e. The minimum atomic E-state index is -0.0998. The Hall–Kier alpha value is -0.860. The van der Waals surface area contributed by atoms with Gasteiger partial charge < -0.3 is 5.32 Å². The molecule has 1 N–H and O–H groups in total. The predicted octanol–water partition coefficient (Wildman–Crippen LogP) is 2.51. The zero-order valence-electron chi connectivity index (χ0n) is 10.3. The average molecular weight is 222 g/mol. The van der Waals surface area contributed by atoms with Crippen LogP contribution in [0.25, 0.3) is 0 Å². The van der Waals surface area contributed by atoms with E-state index in [1.807, 2.05) is 0 Å². The van der Waals surface area contributed by atoms with E-state index in [2.05, 4.69) is 24.2 Å². The number of amidine groups is 1. The van der Waals surface area contributed by atoms with Crippen LogP contribution in [-0.2, 0) is 4.79 Å². The van der Waals surface area contributed by atoms with Gasteiger partial charge in [-0.3, -0.25) is 9.79 Å². The lowest BCUT2D eigenvalue weighted by Gasteiger charge is -2.26. The van der Waals surface area contributed by atoms with Crippen molar-refractivity contribution in [3.8, 4) is 0 Å². The molecule has 1 amide bonds. The quantitative estimate of drug-likeness (QED) is 0.783. The van der Waals surface area contributed by atoms with Crippen molar-refractivity contribution in [2.75, 3.05) is 0 Å². The van der Waals surface area contributed by atoms with E-state index in [0.29, 0.717) is 5.92 Å². The van der Waals surface area contributed by atoms with Crippen LogP contribution in [-0.4, -0.2) is 17.8 Å². The van der Waals surface area contributed by atoms with Gasteiger partial charge in [0.25, 0.3) is 0 Å². The van der Waals surface area contributed by atoms with Crippen molar-refractivity contribution < 1.29 is 4.79 Å². The number of hydrogen-bond acceptors (Lipinski definition) is 2. The molecule has 3 nitrogen and oxygen atoms in total. The van der Waals surface area contributed by atoms with Gasteiger partial charge in [-0.15, -0.1) is 0 Å². The van der Waals surface area contributed by atoms with Gasteiger partial charge in [-0.1, -0.05) is 33.1 Å². The Morgan fingerprint density at radius 2 is 2.25 bits per heavy atom. The first-order valence-electron chi connectivity index (χ1n) is 6.59. The fraction of sp³-hybridized carbons (Fsp3) is 0.846. The lowest BCUT2D eigenvalue weighted by molar-refractivity contribution is -0.120. The van der Waals surface area contributed by atoms with Gasteiger partial charge in [-0.25, -0.2) is 0 Å². The monoisotopic (exact) mass is 222 g/mol. The molecule has 16 heavy (non-hydrogen) atoms. The van der Waals surface area contributed by atoms with E-state index in [9.17, 15) is 4.79 Å². The Labute approximate surface area is 97.7 Å². The van der Waals surface area contributed by atoms with Crippen LogP contribution >= 0.6 is 0 Å². The van der Waals surface area contributed by atoms with Crippen LogP contribution in [0.3, 0.4) is 0 Å². The number of nitrogens with one attached hydrogen (secondary N) is 1. The second-order valence-electron chi connectivity index (χ2n) is 5.28. The van der Waals surface area contributed by atoms with E-state index < -0.39 is 0 Å². The van der Waals surface area contributed by atoms with E-state index in [0.717, 1.165) is 24.6 Å². The van der Waals surface area contributed by atoms with Gasteiger partial charge in [0.05, 0.1) is 0 Å². The molecule has 1 aliphatic heterocycles. The van der Waals surface area contributed by atoms with Crippen molar-refractivity contribution in [1.29, 1.82) is 0 Å². The number of carbonyl (C=O) groups excluding carboxylic acids is 1. The molecule has 3 heteroatoms. The molecule has 0 radical (unpaired) electrons. The maximum Gasteiger partial charge on any atom is 0.250 e. The summed E-state index contributed by atoms with van der Waals surface area (Å²) in [5, 5.41) is 2.99. The minimum Gasteiger partial charge on any atom is -0.312 e. The SMILES string of the molecule is CCCC1N=C(C2CCCC(C)C2)NC1=O. The van der Waals surface area contributed by atoms with Crippen LogP contribution in [0.1, 0.15) is 52.4 Å². The van der Waals surface area contributed by atoms with Crippen LogP contribution in [0.15, 0.2) is 4.99 Å². The molecule has 0 spiro atoms. The molecule has 1 aliphatic carbocycles. The van der Waals surface area contributed by atoms with Gasteiger partial charge in [0.1, 0.15) is 11.9 Å². The van der Waals surface area contributed by atoms with Crippen LogP contribution in [0.4, 0.5) is 0 Å². The first-order valence-corrected chi connectivity index (χ1v) is 6.59. The summed E-state index contributed by atoms with van der Waals surface area (Å²) in [6.45, 7) is 4.40. The number of amides is 1. The number of nitrogens with zero attached hydrogens (tertiary/aromatic N) is 1. The first-order chi connectivity index (χ1) is 7.70. The van der Waals surface area contributed by atoms with E-state index >= 15 is 0 Å². The third-order valence-corrected chi connectivity index (χ3v) is 3.73. The highest BCUT2D eigenvalue weighted by Crippen LogP contribution is 2.30. The van der Waals surface area contributed by atoms with Gasteiger partial charge in [0.2, 0.25) is 5.91 Å². The standard InChI is InChI=1S/C13H22N2O/c1-3-5-11-13(16)15-12(14-11)10-7-4-6-9(2)8-10/h9-11H,3-8H2,1-2H3,(H,14,15,16). The molecule has 1 fully saturated rings. The van der Waals surface area contributed by atoms with Crippen molar-refractivity contribution >= 4 is 11.7 Å². The molecule has 1 saturated carbocycles. The third-order valence-electron chi connectivity index (χ3n) is 3.73. The summed E-state index contributed by atoms with van der Waals surface area (Å²) in [7, 11) is 0. The maximum atomic E-state index is 11.7. The molecule has 2 rings (SSSR count). The predicted molar refractivity (Wildman–Crippen MR) is 65.4 cm³/mol. The third kappa shape index (κ3) is 2.45. The average Bonchev–Trinajstić information content (AvgIpc) is 2.61. The van der Waals surface area contributed by atoms with Gasteiger partial charge >= 0.3 is 0 Å². The lowest BCUT2D eigenvalue weighted by atomic mass is 9.82. The molecule has 90 valence electrons. The maximum absolute atomic E-state index is 11.7. The molecule has 0 bridgehead atoms. The van der Waals surface area contributed by atoms with Crippen molar-refractivity contribution in [3.05, 3.63) is 0 Å². The highest BCUT2D eigenvalue weighted by molar-refractivity contribution is 6.06. The Kier molecular flexibility index (Phi) is 3.62.